The molecule has 4 heterocycles. The highest BCUT2D eigenvalue weighted by Crippen LogP contribution is 2.26. The first-order chi connectivity index (χ1) is 17.9. The zero-order valence-corrected chi connectivity index (χ0v) is 20.2. The molecule has 0 aliphatic carbocycles. The minimum Gasteiger partial charge on any atom is -0.479 e. The molecule has 37 heavy (non-hydrogen) atoms. The fourth-order valence-corrected chi connectivity index (χ4v) is 4.14. The average molecular weight is 511 g/mol. The number of fused-ring (bicyclic) bond motifs is 1. The molecule has 4 N–H and O–H groups in total. The first-order valence-corrected chi connectivity index (χ1v) is 11.8. The van der Waals surface area contributed by atoms with Crippen molar-refractivity contribution in [1.82, 2.24) is 24.5 Å². The van der Waals surface area contributed by atoms with E-state index in [0.717, 1.165) is 19.6 Å². The van der Waals surface area contributed by atoms with E-state index < -0.39 is 17.9 Å². The van der Waals surface area contributed by atoms with Crippen LogP contribution in [0.1, 0.15) is 6.92 Å². The Morgan fingerprint density at radius 2 is 2.05 bits per heavy atom. The number of carboxylic acid groups (broad SMARTS) is 1. The van der Waals surface area contributed by atoms with Gasteiger partial charge in [-0.2, -0.15) is 19.6 Å². The molecule has 194 valence electrons. The number of nitrogen functional groups attached to an aromatic ring is 1. The lowest BCUT2D eigenvalue weighted by Gasteiger charge is -2.36. The lowest BCUT2D eigenvalue weighted by Crippen LogP contribution is -2.48. The average Bonchev–Trinajstić information content (AvgIpc) is 3.55. The summed E-state index contributed by atoms with van der Waals surface area (Å²) in [6, 6.07) is 9.83. The molecule has 0 amide bonds. The Morgan fingerprint density at radius 3 is 2.76 bits per heavy atom. The number of nitrogens with one attached hydrogen (secondary N) is 1. The van der Waals surface area contributed by atoms with Crippen molar-refractivity contribution < 1.29 is 23.4 Å². The number of benzene rings is 1. The number of piperazine rings is 1. The van der Waals surface area contributed by atoms with Crippen LogP contribution in [-0.2, 0) is 4.79 Å². The number of aromatic nitrogens is 4. The fraction of sp³-hybridized carbons (Fsp3) is 0.333. The summed E-state index contributed by atoms with van der Waals surface area (Å²) in [7, 11) is 0. The number of carbonyl (C=O) groups is 1. The van der Waals surface area contributed by atoms with Gasteiger partial charge in [-0.15, -0.1) is 0 Å². The molecule has 1 aliphatic rings. The third kappa shape index (κ3) is 5.40. The number of furan rings is 1. The van der Waals surface area contributed by atoms with Crippen molar-refractivity contribution in [3.63, 3.8) is 0 Å². The number of hydrogen-bond acceptors (Lipinski definition) is 10. The van der Waals surface area contributed by atoms with Crippen LogP contribution in [0.25, 0.3) is 17.1 Å². The first kappa shape index (κ1) is 24.3. The van der Waals surface area contributed by atoms with Crippen LogP contribution in [-0.4, -0.2) is 80.9 Å². The molecule has 1 unspecified atom stereocenters. The van der Waals surface area contributed by atoms with Crippen molar-refractivity contribution in [2.75, 3.05) is 55.2 Å². The number of nitrogens with two attached hydrogens (primary N) is 1. The molecule has 13 heteroatoms. The number of rotatable bonds is 9. The highest BCUT2D eigenvalue weighted by atomic mass is 19.1. The number of ether oxygens (including phenoxy) is 1. The predicted molar refractivity (Wildman–Crippen MR) is 134 cm³/mol. The van der Waals surface area contributed by atoms with Crippen molar-refractivity contribution >= 4 is 29.2 Å². The Balaban J connectivity index is 1.12. The summed E-state index contributed by atoms with van der Waals surface area (Å²) in [4.78, 5) is 24.0. The van der Waals surface area contributed by atoms with Crippen LogP contribution in [0.2, 0.25) is 0 Å². The minimum atomic E-state index is -1.10. The normalized spacial score (nSPS) is 15.1. The molecule has 5 rings (SSSR count). The third-order valence-electron chi connectivity index (χ3n) is 6.13. The molecular formula is C24H27FN8O4. The van der Waals surface area contributed by atoms with Crippen molar-refractivity contribution in [2.45, 2.75) is 13.0 Å². The molecule has 1 saturated heterocycles. The summed E-state index contributed by atoms with van der Waals surface area (Å²) >= 11 is 0. The topological polar surface area (TPSA) is 147 Å². The zero-order chi connectivity index (χ0) is 25.9. The summed E-state index contributed by atoms with van der Waals surface area (Å²) in [5, 5.41) is 16.6. The quantitative estimate of drug-likeness (QED) is 0.304. The monoisotopic (exact) mass is 510 g/mol. The highest BCUT2D eigenvalue weighted by molar-refractivity contribution is 5.72. The number of nitrogens with zero attached hydrogens (tertiary/aromatic N) is 6. The van der Waals surface area contributed by atoms with Gasteiger partial charge >= 0.3 is 5.97 Å². The van der Waals surface area contributed by atoms with Crippen LogP contribution in [0.3, 0.4) is 0 Å². The minimum absolute atomic E-state index is 0.190. The van der Waals surface area contributed by atoms with Crippen LogP contribution in [0, 0.1) is 5.82 Å². The Bertz CT molecular complexity index is 1390. The van der Waals surface area contributed by atoms with Gasteiger partial charge in [0.25, 0.3) is 0 Å². The molecule has 4 aromatic rings. The predicted octanol–water partition coefficient (Wildman–Crippen LogP) is 2.19. The van der Waals surface area contributed by atoms with Crippen LogP contribution >= 0.6 is 0 Å². The zero-order valence-electron chi connectivity index (χ0n) is 20.2. The first-order valence-electron chi connectivity index (χ1n) is 11.8. The summed E-state index contributed by atoms with van der Waals surface area (Å²) in [6.45, 7) is 5.59. The Labute approximate surface area is 211 Å². The molecule has 1 fully saturated rings. The molecule has 0 saturated carbocycles. The van der Waals surface area contributed by atoms with E-state index in [4.69, 9.17) is 20.0 Å². The van der Waals surface area contributed by atoms with E-state index in [0.29, 0.717) is 48.4 Å². The summed E-state index contributed by atoms with van der Waals surface area (Å²) < 4.78 is 26.8. The fourth-order valence-electron chi connectivity index (χ4n) is 4.14. The second kappa shape index (κ2) is 10.3. The molecule has 1 aliphatic heterocycles. The highest BCUT2D eigenvalue weighted by Gasteiger charge is 2.21. The number of carboxylic acids is 1. The van der Waals surface area contributed by atoms with Gasteiger partial charge in [-0.3, -0.25) is 4.90 Å². The maximum atomic E-state index is 14.7. The molecule has 1 atom stereocenters. The molecule has 0 spiro atoms. The van der Waals surface area contributed by atoms with Gasteiger partial charge in [0.1, 0.15) is 17.3 Å². The van der Waals surface area contributed by atoms with Gasteiger partial charge in [0.2, 0.25) is 11.9 Å². The van der Waals surface area contributed by atoms with E-state index in [9.17, 15) is 9.18 Å². The van der Waals surface area contributed by atoms with E-state index in [1.54, 1.807) is 30.5 Å². The molecule has 1 aromatic carbocycles. The van der Waals surface area contributed by atoms with E-state index in [-0.39, 0.29) is 11.7 Å². The smallest absolute Gasteiger partial charge is 0.344 e. The van der Waals surface area contributed by atoms with E-state index in [1.165, 1.54) is 17.5 Å². The van der Waals surface area contributed by atoms with Crippen LogP contribution in [0.5, 0.6) is 5.75 Å². The molecule has 0 radical (unpaired) electrons. The van der Waals surface area contributed by atoms with Gasteiger partial charge in [0.15, 0.2) is 17.5 Å². The van der Waals surface area contributed by atoms with Crippen LogP contribution in [0.15, 0.2) is 47.1 Å². The van der Waals surface area contributed by atoms with Gasteiger partial charge in [-0.1, -0.05) is 0 Å². The van der Waals surface area contributed by atoms with Crippen molar-refractivity contribution in [1.29, 1.82) is 0 Å². The van der Waals surface area contributed by atoms with E-state index in [1.807, 2.05) is 11.0 Å². The van der Waals surface area contributed by atoms with Crippen LogP contribution < -0.4 is 20.7 Å². The van der Waals surface area contributed by atoms with Crippen molar-refractivity contribution in [3.05, 3.63) is 48.5 Å². The van der Waals surface area contributed by atoms with Crippen LogP contribution in [0.4, 0.5) is 22.0 Å². The van der Waals surface area contributed by atoms with E-state index >= 15 is 0 Å². The number of anilines is 3. The SMILES string of the molecule is CC(Oc1ccc(N2CCN(CCNc3nc(N)n4nc(-c5ccco5)cc4n3)CC2)c(F)c1)C(=O)O. The van der Waals surface area contributed by atoms with Crippen molar-refractivity contribution in [3.8, 4) is 17.2 Å². The number of hydrogen-bond donors (Lipinski definition) is 3. The standard InChI is InChI=1S/C24H27FN8O4/c1-15(22(34)35)37-16-4-5-19(17(25)13-16)32-10-8-31(9-11-32)7-6-27-24-28-21-14-18(20-3-2-12-36-20)30-33(21)23(26)29-24/h2-5,12-15H,6-11H2,1H3,(H,34,35)(H3,26,27,28,29). The summed E-state index contributed by atoms with van der Waals surface area (Å²) in [6.07, 6.45) is 0.527. The molecule has 3 aromatic heterocycles. The van der Waals surface area contributed by atoms with Gasteiger partial charge in [-0.25, -0.2) is 9.18 Å². The Morgan fingerprint density at radius 1 is 1.24 bits per heavy atom. The van der Waals surface area contributed by atoms with Gasteiger partial charge < -0.3 is 30.2 Å². The summed E-state index contributed by atoms with van der Waals surface area (Å²) in [5.41, 5.74) is 7.72. The van der Waals surface area contributed by atoms with E-state index in [2.05, 4.69) is 25.3 Å². The van der Waals surface area contributed by atoms with Gasteiger partial charge in [0, 0.05) is 51.4 Å². The second-order valence-corrected chi connectivity index (χ2v) is 8.65. The number of aliphatic carboxylic acids is 1. The summed E-state index contributed by atoms with van der Waals surface area (Å²) in [5.74, 6) is -0.103. The molecule has 0 bridgehead atoms. The largest absolute Gasteiger partial charge is 0.479 e. The van der Waals surface area contributed by atoms with Crippen molar-refractivity contribution in [2.24, 2.45) is 0 Å². The Kier molecular flexibility index (Phi) is 6.77. The third-order valence-corrected chi connectivity index (χ3v) is 6.13. The molecular weight excluding hydrogens is 483 g/mol. The van der Waals surface area contributed by atoms with Gasteiger partial charge in [-0.05, 0) is 31.2 Å². The Hall–Kier alpha value is -4.39. The lowest BCUT2D eigenvalue weighted by molar-refractivity contribution is -0.144. The maximum absolute atomic E-state index is 14.7. The number of halogens is 1. The maximum Gasteiger partial charge on any atom is 0.344 e. The molecule has 12 nitrogen and oxygen atoms in total. The second-order valence-electron chi connectivity index (χ2n) is 8.65. The lowest BCUT2D eigenvalue weighted by atomic mass is 10.2. The van der Waals surface area contributed by atoms with Gasteiger partial charge in [0.05, 0.1) is 12.0 Å².